The number of aliphatic hydroxyl groups excluding tert-OH is 1. The fourth-order valence-electron chi connectivity index (χ4n) is 1.28. The highest BCUT2D eigenvalue weighted by atomic mass is 32.2. The van der Waals surface area contributed by atoms with Gasteiger partial charge in [0, 0.05) is 24.1 Å². The molecule has 0 bridgehead atoms. The summed E-state index contributed by atoms with van der Waals surface area (Å²) in [7, 11) is 1.88. The maximum absolute atomic E-state index is 8.65. The minimum absolute atomic E-state index is 0.118. The van der Waals surface area contributed by atoms with E-state index in [2.05, 4.69) is 28.0 Å². The molecule has 2 rings (SSSR count). The van der Waals surface area contributed by atoms with Crippen molar-refractivity contribution in [3.63, 3.8) is 0 Å². The molecule has 0 saturated heterocycles. The zero-order valence-corrected chi connectivity index (χ0v) is 11.6. The first-order valence-electron chi connectivity index (χ1n) is 5.45. The van der Waals surface area contributed by atoms with Gasteiger partial charge in [-0.25, -0.2) is 9.67 Å². The lowest BCUT2D eigenvalue weighted by molar-refractivity contribution is 0.305. The van der Waals surface area contributed by atoms with Gasteiger partial charge in [-0.05, 0) is 12.1 Å². The molecule has 0 aliphatic rings. The molecule has 0 radical (unpaired) electrons. The summed E-state index contributed by atoms with van der Waals surface area (Å²) in [6.07, 6.45) is 2.09. The van der Waals surface area contributed by atoms with Gasteiger partial charge in [0.25, 0.3) is 0 Å². The number of thioether (sulfide) groups is 1. The molecule has 0 atom stereocenters. The summed E-state index contributed by atoms with van der Waals surface area (Å²) in [5.41, 5.74) is 0. The topological polar surface area (TPSA) is 50.9 Å². The van der Waals surface area contributed by atoms with Gasteiger partial charge in [0.2, 0.25) is 0 Å². The zero-order chi connectivity index (χ0) is 12.8. The van der Waals surface area contributed by atoms with E-state index in [0.29, 0.717) is 6.42 Å². The molecule has 0 aliphatic carbocycles. The van der Waals surface area contributed by atoms with Gasteiger partial charge in [0.15, 0.2) is 5.16 Å². The monoisotopic (exact) mass is 279 g/mol. The van der Waals surface area contributed by atoms with Gasteiger partial charge in [0.05, 0.1) is 11.5 Å². The molecule has 0 saturated carbocycles. The largest absolute Gasteiger partial charge is 0.395 e. The Hall–Kier alpha value is -1.29. The molecule has 0 amide bonds. The molecule has 0 aromatic carbocycles. The number of rotatable bonds is 4. The van der Waals surface area contributed by atoms with Crippen LogP contribution in [-0.2, 0) is 12.8 Å². The van der Waals surface area contributed by atoms with Crippen LogP contribution in [0.4, 0.5) is 0 Å². The van der Waals surface area contributed by atoms with Gasteiger partial charge >= 0.3 is 0 Å². The molecule has 4 nitrogen and oxygen atoms in total. The first-order valence-corrected chi connectivity index (χ1v) is 7.25. The van der Waals surface area contributed by atoms with Crippen LogP contribution in [0.5, 0.6) is 0 Å². The lowest BCUT2D eigenvalue weighted by Gasteiger charge is -1.97. The number of aryl methyl sites for hydroxylation is 1. The van der Waals surface area contributed by atoms with E-state index in [1.165, 1.54) is 4.88 Å². The number of hydrogen-bond acceptors (Lipinski definition) is 5. The van der Waals surface area contributed by atoms with E-state index >= 15 is 0 Å². The normalized spacial score (nSPS) is 10.1. The fourth-order valence-corrected chi connectivity index (χ4v) is 3.09. The van der Waals surface area contributed by atoms with E-state index < -0.39 is 0 Å². The second-order valence-electron chi connectivity index (χ2n) is 3.50. The highest BCUT2D eigenvalue weighted by Crippen LogP contribution is 2.24. The summed E-state index contributed by atoms with van der Waals surface area (Å²) in [4.78, 5) is 6.46. The maximum Gasteiger partial charge on any atom is 0.186 e. The van der Waals surface area contributed by atoms with Crippen LogP contribution in [0, 0.1) is 11.8 Å². The van der Waals surface area contributed by atoms with Crippen molar-refractivity contribution < 1.29 is 5.11 Å². The standard InChI is InChI=1S/C12H13N3OS2/c1-15-12(13-9-14-15)17-8-11-6-5-10(18-11)4-2-3-7-16/h5-6,9,16H,3,7-8H2,1H3. The van der Waals surface area contributed by atoms with Crippen molar-refractivity contribution in [1.82, 2.24) is 14.8 Å². The second kappa shape index (κ2) is 6.59. The van der Waals surface area contributed by atoms with Gasteiger partial charge in [-0.2, -0.15) is 5.10 Å². The lowest BCUT2D eigenvalue weighted by atomic mass is 10.4. The number of nitrogens with zero attached hydrogens (tertiary/aromatic N) is 3. The number of thiophene rings is 1. The minimum Gasteiger partial charge on any atom is -0.395 e. The molecule has 6 heteroatoms. The van der Waals surface area contributed by atoms with Crippen molar-refractivity contribution in [2.45, 2.75) is 17.3 Å². The van der Waals surface area contributed by atoms with Crippen molar-refractivity contribution in [1.29, 1.82) is 0 Å². The number of aromatic nitrogens is 3. The third kappa shape index (κ3) is 3.60. The lowest BCUT2D eigenvalue weighted by Crippen LogP contribution is -1.92. The number of aliphatic hydroxyl groups is 1. The third-order valence-corrected chi connectivity index (χ3v) is 4.39. The molecule has 0 fully saturated rings. The average molecular weight is 279 g/mol. The van der Waals surface area contributed by atoms with Crippen LogP contribution in [0.25, 0.3) is 0 Å². The molecule has 2 aromatic rings. The summed E-state index contributed by atoms with van der Waals surface area (Å²) < 4.78 is 1.76. The van der Waals surface area contributed by atoms with E-state index in [4.69, 9.17) is 5.11 Å². The van der Waals surface area contributed by atoms with Crippen LogP contribution in [0.3, 0.4) is 0 Å². The van der Waals surface area contributed by atoms with Crippen LogP contribution >= 0.6 is 23.1 Å². The third-order valence-electron chi connectivity index (χ3n) is 2.12. The van der Waals surface area contributed by atoms with Crippen LogP contribution in [-0.4, -0.2) is 26.5 Å². The van der Waals surface area contributed by atoms with E-state index in [1.807, 2.05) is 13.1 Å². The van der Waals surface area contributed by atoms with Gasteiger partial charge < -0.3 is 5.11 Å². The molecule has 0 unspecified atom stereocenters. The maximum atomic E-state index is 8.65. The summed E-state index contributed by atoms with van der Waals surface area (Å²) in [5, 5.41) is 13.6. The highest BCUT2D eigenvalue weighted by molar-refractivity contribution is 7.98. The second-order valence-corrected chi connectivity index (χ2v) is 5.61. The Morgan fingerprint density at radius 1 is 1.50 bits per heavy atom. The number of hydrogen-bond donors (Lipinski definition) is 1. The molecule has 0 spiro atoms. The van der Waals surface area contributed by atoms with Gasteiger partial charge in [-0.3, -0.25) is 0 Å². The van der Waals surface area contributed by atoms with Crippen molar-refractivity contribution in [3.05, 3.63) is 28.2 Å². The van der Waals surface area contributed by atoms with E-state index in [1.54, 1.807) is 34.1 Å². The Labute approximate surface area is 114 Å². The van der Waals surface area contributed by atoms with Crippen LogP contribution in [0.15, 0.2) is 23.6 Å². The summed E-state index contributed by atoms with van der Waals surface area (Å²) in [5.74, 6) is 6.83. The van der Waals surface area contributed by atoms with E-state index in [9.17, 15) is 0 Å². The van der Waals surface area contributed by atoms with Crippen LogP contribution in [0.2, 0.25) is 0 Å². The van der Waals surface area contributed by atoms with E-state index in [0.717, 1.165) is 15.8 Å². The Morgan fingerprint density at radius 2 is 2.39 bits per heavy atom. The van der Waals surface area contributed by atoms with Crippen molar-refractivity contribution in [3.8, 4) is 11.8 Å². The Balaban J connectivity index is 1.91. The first kappa shape index (κ1) is 13.1. The van der Waals surface area contributed by atoms with Gasteiger partial charge in [-0.15, -0.1) is 11.3 Å². The molecule has 94 valence electrons. The molecule has 0 aliphatic heterocycles. The smallest absolute Gasteiger partial charge is 0.186 e. The molecule has 1 N–H and O–H groups in total. The zero-order valence-electron chi connectivity index (χ0n) is 9.96. The van der Waals surface area contributed by atoms with Crippen molar-refractivity contribution >= 4 is 23.1 Å². The van der Waals surface area contributed by atoms with Gasteiger partial charge in [-0.1, -0.05) is 23.6 Å². The molecule has 2 heterocycles. The quantitative estimate of drug-likeness (QED) is 0.686. The molecule has 2 aromatic heterocycles. The molecule has 18 heavy (non-hydrogen) atoms. The van der Waals surface area contributed by atoms with Crippen LogP contribution < -0.4 is 0 Å². The average Bonchev–Trinajstić information content (AvgIpc) is 2.96. The van der Waals surface area contributed by atoms with Crippen LogP contribution in [0.1, 0.15) is 16.2 Å². The SMILES string of the molecule is Cn1ncnc1SCc1ccc(C#CCCO)s1. The first-order chi connectivity index (χ1) is 8.79. The highest BCUT2D eigenvalue weighted by Gasteiger charge is 2.03. The van der Waals surface area contributed by atoms with E-state index in [-0.39, 0.29) is 6.61 Å². The minimum atomic E-state index is 0.118. The Kier molecular flexibility index (Phi) is 4.81. The predicted octanol–water partition coefficient (Wildman–Crippen LogP) is 1.90. The summed E-state index contributed by atoms with van der Waals surface area (Å²) in [6, 6.07) is 4.10. The molecular weight excluding hydrogens is 266 g/mol. The fraction of sp³-hybridized carbons (Fsp3) is 0.333. The Morgan fingerprint density at radius 3 is 3.11 bits per heavy atom. The van der Waals surface area contributed by atoms with Crippen molar-refractivity contribution in [2.24, 2.45) is 7.05 Å². The predicted molar refractivity (Wildman–Crippen MR) is 73.5 cm³/mol. The summed E-state index contributed by atoms with van der Waals surface area (Å²) in [6.45, 7) is 0.118. The van der Waals surface area contributed by atoms with Gasteiger partial charge in [0.1, 0.15) is 6.33 Å². The summed E-state index contributed by atoms with van der Waals surface area (Å²) >= 11 is 3.34. The van der Waals surface area contributed by atoms with Crippen molar-refractivity contribution in [2.75, 3.05) is 6.61 Å². The Bertz CT molecular complexity index is 565. The molecular formula is C12H13N3OS2.